The summed E-state index contributed by atoms with van der Waals surface area (Å²) in [6, 6.07) is 28.1. The Bertz CT molecular complexity index is 1570. The highest BCUT2D eigenvalue weighted by atomic mass is 16.5. The van der Waals surface area contributed by atoms with E-state index in [2.05, 4.69) is 98.9 Å². The van der Waals surface area contributed by atoms with E-state index < -0.39 is 0 Å². The summed E-state index contributed by atoms with van der Waals surface area (Å²) in [7, 11) is 1.67. The molecule has 4 heteroatoms. The van der Waals surface area contributed by atoms with Crippen LogP contribution in [0.3, 0.4) is 0 Å². The maximum absolute atomic E-state index is 6.09. The summed E-state index contributed by atoms with van der Waals surface area (Å²) in [6.07, 6.45) is 7.71. The van der Waals surface area contributed by atoms with E-state index in [0.717, 1.165) is 29.0 Å². The van der Waals surface area contributed by atoms with Crippen LogP contribution in [-0.4, -0.2) is 13.3 Å². The molecule has 40 heavy (non-hydrogen) atoms. The second kappa shape index (κ2) is 11.1. The Kier molecular flexibility index (Phi) is 7.17. The quantitative estimate of drug-likeness (QED) is 0.193. The Labute approximate surface area is 237 Å². The molecule has 0 aromatic heterocycles. The highest BCUT2D eigenvalue weighted by Crippen LogP contribution is 2.50. The maximum Gasteiger partial charge on any atom is 0.161 e. The molecule has 0 unspecified atom stereocenters. The van der Waals surface area contributed by atoms with Crippen LogP contribution in [-0.2, 0) is 6.61 Å². The van der Waals surface area contributed by atoms with Crippen molar-refractivity contribution in [2.24, 2.45) is 10.9 Å². The fraction of sp³-hybridized carbons (Fsp3) is 0.250. The summed E-state index contributed by atoms with van der Waals surface area (Å²) in [5.41, 5.74) is 10.8. The number of ether oxygens (including phenoxy) is 2. The number of nitrogens with zero attached hydrogens (tertiary/aromatic N) is 1. The first-order valence-corrected chi connectivity index (χ1v) is 14.0. The monoisotopic (exact) mass is 528 g/mol. The van der Waals surface area contributed by atoms with Crippen LogP contribution in [0.25, 0.3) is 0 Å². The number of allylic oxidation sites excluding steroid dienone is 2. The van der Waals surface area contributed by atoms with Gasteiger partial charge in [0.1, 0.15) is 6.61 Å². The van der Waals surface area contributed by atoms with E-state index in [0.29, 0.717) is 24.2 Å². The van der Waals surface area contributed by atoms with Gasteiger partial charge in [-0.25, -0.2) is 0 Å². The number of anilines is 1. The molecular weight excluding hydrogens is 492 g/mol. The number of nitrogens with one attached hydrogen (secondary N) is 1. The molecule has 4 aromatic carbocycles. The Morgan fingerprint density at radius 3 is 2.42 bits per heavy atom. The lowest BCUT2D eigenvalue weighted by molar-refractivity contribution is 0.284. The predicted molar refractivity (Wildman–Crippen MR) is 164 cm³/mol. The fourth-order valence-corrected chi connectivity index (χ4v) is 6.16. The smallest absolute Gasteiger partial charge is 0.161 e. The highest BCUT2D eigenvalue weighted by Gasteiger charge is 2.37. The fourth-order valence-electron chi connectivity index (χ4n) is 6.16. The molecule has 1 aliphatic heterocycles. The molecule has 1 heterocycles. The van der Waals surface area contributed by atoms with E-state index in [1.807, 2.05) is 24.4 Å². The zero-order valence-corrected chi connectivity index (χ0v) is 23.6. The molecule has 0 spiro atoms. The van der Waals surface area contributed by atoms with Gasteiger partial charge in [-0.05, 0) is 91.8 Å². The van der Waals surface area contributed by atoms with Crippen molar-refractivity contribution in [1.82, 2.24) is 0 Å². The Balaban J connectivity index is 1.14. The van der Waals surface area contributed by atoms with Gasteiger partial charge in [-0.1, -0.05) is 71.3 Å². The van der Waals surface area contributed by atoms with Crippen LogP contribution in [0.15, 0.2) is 96.0 Å². The Morgan fingerprint density at radius 1 is 0.850 bits per heavy atom. The van der Waals surface area contributed by atoms with Crippen molar-refractivity contribution in [3.8, 4) is 11.5 Å². The van der Waals surface area contributed by atoms with Crippen molar-refractivity contribution < 1.29 is 9.47 Å². The van der Waals surface area contributed by atoms with Crippen molar-refractivity contribution in [1.29, 1.82) is 0 Å². The summed E-state index contributed by atoms with van der Waals surface area (Å²) in [5.74, 6) is 2.43. The molecule has 0 amide bonds. The molecule has 1 aliphatic carbocycles. The van der Waals surface area contributed by atoms with Gasteiger partial charge in [-0.15, -0.1) is 0 Å². The highest BCUT2D eigenvalue weighted by molar-refractivity contribution is 5.83. The van der Waals surface area contributed by atoms with Crippen LogP contribution in [0.2, 0.25) is 0 Å². The van der Waals surface area contributed by atoms with Crippen molar-refractivity contribution >= 4 is 17.6 Å². The first-order valence-electron chi connectivity index (χ1n) is 14.0. The van der Waals surface area contributed by atoms with Gasteiger partial charge in [-0.3, -0.25) is 4.99 Å². The molecule has 4 aromatic rings. The minimum Gasteiger partial charge on any atom is -0.493 e. The van der Waals surface area contributed by atoms with Crippen molar-refractivity contribution in [2.45, 2.75) is 45.8 Å². The van der Waals surface area contributed by atoms with E-state index in [4.69, 9.17) is 14.5 Å². The molecule has 0 saturated carbocycles. The van der Waals surface area contributed by atoms with Gasteiger partial charge < -0.3 is 14.8 Å². The second-order valence-electron chi connectivity index (χ2n) is 11.1. The summed E-state index contributed by atoms with van der Waals surface area (Å²) in [5, 5.41) is 3.83. The lowest BCUT2D eigenvalue weighted by atomic mass is 9.76. The van der Waals surface area contributed by atoms with Crippen LogP contribution in [0.5, 0.6) is 11.5 Å². The van der Waals surface area contributed by atoms with E-state index in [-0.39, 0.29) is 6.04 Å². The van der Waals surface area contributed by atoms with E-state index in [1.54, 1.807) is 7.11 Å². The molecular formula is C36H36N2O2. The molecule has 2 aliphatic rings. The molecule has 3 atom stereocenters. The Morgan fingerprint density at radius 2 is 1.65 bits per heavy atom. The number of rotatable bonds is 7. The number of fused-ring (bicyclic) bond motifs is 3. The van der Waals surface area contributed by atoms with Crippen LogP contribution in [0.1, 0.15) is 57.3 Å². The molecule has 1 N–H and O–H groups in total. The Hall–Kier alpha value is -4.31. The number of hydrogen-bond donors (Lipinski definition) is 1. The first kappa shape index (κ1) is 25.9. The first-order chi connectivity index (χ1) is 19.5. The van der Waals surface area contributed by atoms with Gasteiger partial charge in [-0.2, -0.15) is 0 Å². The number of hydrogen-bond acceptors (Lipinski definition) is 4. The lowest BCUT2D eigenvalue weighted by Crippen LogP contribution is -2.29. The van der Waals surface area contributed by atoms with Crippen molar-refractivity contribution in [3.63, 3.8) is 0 Å². The second-order valence-corrected chi connectivity index (χ2v) is 11.1. The third-order valence-corrected chi connectivity index (χ3v) is 8.00. The average Bonchev–Trinajstić information content (AvgIpc) is 3.45. The maximum atomic E-state index is 6.09. The number of benzene rings is 4. The third-order valence-electron chi connectivity index (χ3n) is 8.00. The minimum atomic E-state index is 0.286. The molecule has 0 bridgehead atoms. The lowest BCUT2D eigenvalue weighted by Gasteiger charge is -2.37. The predicted octanol–water partition coefficient (Wildman–Crippen LogP) is 8.78. The molecule has 6 rings (SSSR count). The largest absolute Gasteiger partial charge is 0.493 e. The van der Waals surface area contributed by atoms with E-state index >= 15 is 0 Å². The zero-order chi connectivity index (χ0) is 27.6. The van der Waals surface area contributed by atoms with Crippen LogP contribution in [0.4, 0.5) is 11.4 Å². The number of aliphatic imine (C=N–C) groups is 1. The summed E-state index contributed by atoms with van der Waals surface area (Å²) < 4.78 is 11.7. The summed E-state index contributed by atoms with van der Waals surface area (Å²) in [6.45, 7) is 6.88. The summed E-state index contributed by atoms with van der Waals surface area (Å²) in [4.78, 5) is 4.74. The number of methoxy groups -OCH3 is 1. The summed E-state index contributed by atoms with van der Waals surface area (Å²) >= 11 is 0. The van der Waals surface area contributed by atoms with Gasteiger partial charge in [0.15, 0.2) is 11.5 Å². The SMILES string of the molecule is COc1cc(C=Nc2ccc([C@@H]3Nc4ccc(C)cc4[C@@H]4C=CC[C@H]43)cc2)ccc1OCc1cc(C)cc(C)c1. The average molecular weight is 529 g/mol. The van der Waals surface area contributed by atoms with Crippen LogP contribution >= 0.6 is 0 Å². The van der Waals surface area contributed by atoms with E-state index in [9.17, 15) is 0 Å². The van der Waals surface area contributed by atoms with Gasteiger partial charge in [0.25, 0.3) is 0 Å². The van der Waals surface area contributed by atoms with Crippen molar-refractivity contribution in [3.05, 3.63) is 130 Å². The van der Waals surface area contributed by atoms with Crippen molar-refractivity contribution in [2.75, 3.05) is 12.4 Å². The standard InChI is InChI=1S/C36H36N2O2/c1-23-8-14-33-32(19-23)30-6-5-7-31(30)36(38-33)28-10-12-29(13-11-28)37-21-26-9-15-34(35(20-26)39-4)40-22-27-17-24(2)16-25(3)18-27/h5-6,8-21,30-31,36,38H,7,22H2,1-4H3/t30-,31-,36+/m1/s1. The topological polar surface area (TPSA) is 42.8 Å². The van der Waals surface area contributed by atoms with Crippen LogP contribution in [0, 0.1) is 26.7 Å². The van der Waals surface area contributed by atoms with E-state index in [1.165, 1.54) is 33.5 Å². The molecule has 0 saturated heterocycles. The number of aryl methyl sites for hydroxylation is 3. The van der Waals surface area contributed by atoms with Crippen LogP contribution < -0.4 is 14.8 Å². The molecule has 4 nitrogen and oxygen atoms in total. The minimum absolute atomic E-state index is 0.286. The van der Waals surface area contributed by atoms with Gasteiger partial charge in [0.05, 0.1) is 18.8 Å². The molecule has 0 fully saturated rings. The van der Waals surface area contributed by atoms with Gasteiger partial charge >= 0.3 is 0 Å². The van der Waals surface area contributed by atoms with Gasteiger partial charge in [0.2, 0.25) is 0 Å². The normalized spacial score (nSPS) is 19.2. The zero-order valence-electron chi connectivity index (χ0n) is 23.6. The molecule has 202 valence electrons. The van der Waals surface area contributed by atoms with Gasteiger partial charge in [0, 0.05) is 17.8 Å². The third kappa shape index (κ3) is 5.40. The molecule has 0 radical (unpaired) electrons.